The zero-order valence-corrected chi connectivity index (χ0v) is 12.2. The highest BCUT2D eigenvalue weighted by Gasteiger charge is 2.12. The number of hydrogen-bond donors (Lipinski definition) is 1. The first-order valence-corrected chi connectivity index (χ1v) is 6.49. The molecule has 0 radical (unpaired) electrons. The number of hydrogen-bond acceptors (Lipinski definition) is 3. The number of methoxy groups -OCH3 is 2. The molecule has 22 heavy (non-hydrogen) atoms. The lowest BCUT2D eigenvalue weighted by molar-refractivity contribution is -0.115. The number of anilines is 1. The van der Waals surface area contributed by atoms with Crippen molar-refractivity contribution >= 4 is 11.6 Å². The molecule has 1 N–H and O–H groups in total. The molecule has 0 heterocycles. The standard InChI is InChI=1S/C16H15F2NO3/c1-21-12-5-3-10(15(9-12)22-2)7-16(20)19-14-8-11(17)4-6-13(14)18/h3-6,8-9H,7H2,1-2H3,(H,19,20). The second-order valence-electron chi connectivity index (χ2n) is 4.53. The molecule has 0 saturated carbocycles. The summed E-state index contributed by atoms with van der Waals surface area (Å²) < 4.78 is 36.8. The minimum Gasteiger partial charge on any atom is -0.497 e. The maximum absolute atomic E-state index is 13.5. The Morgan fingerprint density at radius 2 is 1.86 bits per heavy atom. The van der Waals surface area contributed by atoms with Gasteiger partial charge in [-0.1, -0.05) is 6.07 Å². The van der Waals surface area contributed by atoms with Crippen molar-refractivity contribution in [2.75, 3.05) is 19.5 Å². The van der Waals surface area contributed by atoms with Crippen molar-refractivity contribution in [3.8, 4) is 11.5 Å². The van der Waals surface area contributed by atoms with Gasteiger partial charge in [0.05, 0.1) is 26.3 Å². The zero-order valence-electron chi connectivity index (χ0n) is 12.2. The average molecular weight is 307 g/mol. The van der Waals surface area contributed by atoms with Gasteiger partial charge in [0.2, 0.25) is 5.91 Å². The molecule has 0 spiro atoms. The van der Waals surface area contributed by atoms with E-state index in [1.54, 1.807) is 18.2 Å². The quantitative estimate of drug-likeness (QED) is 0.923. The molecular formula is C16H15F2NO3. The molecule has 0 saturated heterocycles. The summed E-state index contributed by atoms with van der Waals surface area (Å²) in [6.07, 6.45) is -0.0386. The van der Waals surface area contributed by atoms with Crippen LogP contribution in [0.5, 0.6) is 11.5 Å². The third-order valence-electron chi connectivity index (χ3n) is 3.05. The molecular weight excluding hydrogens is 292 g/mol. The van der Waals surface area contributed by atoms with E-state index in [2.05, 4.69) is 5.32 Å². The summed E-state index contributed by atoms with van der Waals surface area (Å²) in [5.74, 6) is -0.727. The van der Waals surface area contributed by atoms with E-state index in [9.17, 15) is 13.6 Å². The van der Waals surface area contributed by atoms with Crippen molar-refractivity contribution in [2.45, 2.75) is 6.42 Å². The SMILES string of the molecule is COc1ccc(CC(=O)Nc2cc(F)ccc2F)c(OC)c1. The third-order valence-corrected chi connectivity index (χ3v) is 3.05. The van der Waals surface area contributed by atoms with Crippen LogP contribution in [0.2, 0.25) is 0 Å². The van der Waals surface area contributed by atoms with Gasteiger partial charge >= 0.3 is 0 Å². The minimum atomic E-state index is -0.698. The van der Waals surface area contributed by atoms with E-state index in [4.69, 9.17) is 9.47 Å². The Kier molecular flexibility index (Phi) is 4.93. The van der Waals surface area contributed by atoms with Gasteiger partial charge in [0, 0.05) is 17.7 Å². The number of amides is 1. The second kappa shape index (κ2) is 6.89. The van der Waals surface area contributed by atoms with Crippen molar-refractivity contribution < 1.29 is 23.0 Å². The molecule has 0 atom stereocenters. The van der Waals surface area contributed by atoms with Crippen LogP contribution in [-0.4, -0.2) is 20.1 Å². The Morgan fingerprint density at radius 1 is 1.09 bits per heavy atom. The molecule has 1 amide bonds. The van der Waals surface area contributed by atoms with Crippen LogP contribution in [0.3, 0.4) is 0 Å². The fourth-order valence-electron chi connectivity index (χ4n) is 1.96. The molecule has 0 bridgehead atoms. The predicted octanol–water partition coefficient (Wildman–Crippen LogP) is 3.16. The van der Waals surface area contributed by atoms with Gasteiger partial charge < -0.3 is 14.8 Å². The number of benzene rings is 2. The minimum absolute atomic E-state index is 0.0386. The smallest absolute Gasteiger partial charge is 0.229 e. The Balaban J connectivity index is 2.13. The van der Waals surface area contributed by atoms with Gasteiger partial charge in [-0.3, -0.25) is 4.79 Å². The molecule has 2 aromatic carbocycles. The highest BCUT2D eigenvalue weighted by Crippen LogP contribution is 2.25. The summed E-state index contributed by atoms with van der Waals surface area (Å²) in [4.78, 5) is 12.0. The van der Waals surface area contributed by atoms with Gasteiger partial charge in [-0.15, -0.1) is 0 Å². The van der Waals surface area contributed by atoms with Crippen LogP contribution in [-0.2, 0) is 11.2 Å². The molecule has 4 nitrogen and oxygen atoms in total. The van der Waals surface area contributed by atoms with Gasteiger partial charge in [-0.2, -0.15) is 0 Å². The lowest BCUT2D eigenvalue weighted by atomic mass is 10.1. The maximum Gasteiger partial charge on any atom is 0.229 e. The van der Waals surface area contributed by atoms with Gasteiger partial charge in [-0.05, 0) is 18.2 Å². The maximum atomic E-state index is 13.5. The van der Waals surface area contributed by atoms with E-state index in [0.717, 1.165) is 18.2 Å². The Labute approximate surface area is 126 Å². The Hall–Kier alpha value is -2.63. The normalized spacial score (nSPS) is 10.2. The highest BCUT2D eigenvalue weighted by atomic mass is 19.1. The van der Waals surface area contributed by atoms with Crippen LogP contribution in [0.4, 0.5) is 14.5 Å². The van der Waals surface area contributed by atoms with Gasteiger partial charge in [-0.25, -0.2) is 8.78 Å². The van der Waals surface area contributed by atoms with Gasteiger partial charge in [0.25, 0.3) is 0 Å². The molecule has 6 heteroatoms. The summed E-state index contributed by atoms with van der Waals surface area (Å²) >= 11 is 0. The van der Waals surface area contributed by atoms with Gasteiger partial charge in [0.1, 0.15) is 23.1 Å². The first-order chi connectivity index (χ1) is 10.5. The van der Waals surface area contributed by atoms with Crippen molar-refractivity contribution in [1.82, 2.24) is 0 Å². The molecule has 0 aliphatic rings. The van der Waals surface area contributed by atoms with Crippen LogP contribution in [0.25, 0.3) is 0 Å². The van der Waals surface area contributed by atoms with Crippen LogP contribution >= 0.6 is 0 Å². The number of carbonyl (C=O) groups is 1. The van der Waals surface area contributed by atoms with Crippen molar-refractivity contribution in [3.63, 3.8) is 0 Å². The first-order valence-electron chi connectivity index (χ1n) is 6.49. The number of nitrogens with one attached hydrogen (secondary N) is 1. The lowest BCUT2D eigenvalue weighted by Crippen LogP contribution is -2.16. The van der Waals surface area contributed by atoms with Crippen LogP contribution < -0.4 is 14.8 Å². The molecule has 2 rings (SSSR count). The molecule has 0 aliphatic carbocycles. The van der Waals surface area contributed by atoms with E-state index in [-0.39, 0.29) is 12.1 Å². The summed E-state index contributed by atoms with van der Waals surface area (Å²) in [5.41, 5.74) is 0.412. The fourth-order valence-corrected chi connectivity index (χ4v) is 1.96. The van der Waals surface area contributed by atoms with Crippen LogP contribution in [0.1, 0.15) is 5.56 Å². The average Bonchev–Trinajstić information content (AvgIpc) is 2.51. The van der Waals surface area contributed by atoms with Gasteiger partial charge in [0.15, 0.2) is 0 Å². The topological polar surface area (TPSA) is 47.6 Å². The zero-order chi connectivity index (χ0) is 16.1. The first kappa shape index (κ1) is 15.8. The molecule has 2 aromatic rings. The largest absolute Gasteiger partial charge is 0.497 e. The van der Waals surface area contributed by atoms with E-state index in [1.165, 1.54) is 14.2 Å². The number of carbonyl (C=O) groups excluding carboxylic acids is 1. The van der Waals surface area contributed by atoms with Crippen LogP contribution in [0.15, 0.2) is 36.4 Å². The Morgan fingerprint density at radius 3 is 2.55 bits per heavy atom. The summed E-state index contributed by atoms with van der Waals surface area (Å²) in [5, 5.41) is 2.34. The molecule has 0 fully saturated rings. The van der Waals surface area contributed by atoms with Crippen molar-refractivity contribution in [2.24, 2.45) is 0 Å². The number of rotatable bonds is 5. The van der Waals surface area contributed by atoms with E-state index < -0.39 is 17.5 Å². The third kappa shape index (κ3) is 3.72. The highest BCUT2D eigenvalue weighted by molar-refractivity contribution is 5.92. The Bertz CT molecular complexity index is 689. The molecule has 116 valence electrons. The van der Waals surface area contributed by atoms with Crippen molar-refractivity contribution in [3.05, 3.63) is 53.6 Å². The second-order valence-corrected chi connectivity index (χ2v) is 4.53. The molecule has 0 aromatic heterocycles. The number of halogens is 2. The van der Waals surface area contributed by atoms with Crippen molar-refractivity contribution in [1.29, 1.82) is 0 Å². The molecule has 0 unspecified atom stereocenters. The fraction of sp³-hybridized carbons (Fsp3) is 0.188. The number of ether oxygens (including phenoxy) is 2. The summed E-state index contributed by atoms with van der Waals surface area (Å²) in [7, 11) is 3.00. The van der Waals surface area contributed by atoms with E-state index in [0.29, 0.717) is 17.1 Å². The lowest BCUT2D eigenvalue weighted by Gasteiger charge is -2.11. The van der Waals surface area contributed by atoms with Crippen LogP contribution in [0, 0.1) is 11.6 Å². The van der Waals surface area contributed by atoms with E-state index >= 15 is 0 Å². The predicted molar refractivity (Wildman–Crippen MR) is 78.2 cm³/mol. The van der Waals surface area contributed by atoms with E-state index in [1.807, 2.05) is 0 Å². The molecule has 0 aliphatic heterocycles. The monoisotopic (exact) mass is 307 g/mol. The summed E-state index contributed by atoms with van der Waals surface area (Å²) in [6.45, 7) is 0. The summed E-state index contributed by atoms with van der Waals surface area (Å²) in [6, 6.07) is 7.88.